The third-order valence-corrected chi connectivity index (χ3v) is 7.92. The first kappa shape index (κ1) is 20.0. The molecule has 0 unspecified atom stereocenters. The molecule has 202 valence electrons. The van der Waals surface area contributed by atoms with E-state index in [0.717, 1.165) is 4.90 Å². The zero-order chi connectivity index (χ0) is 32.4. The molecule has 39 heavy (non-hydrogen) atoms. The zero-order valence-corrected chi connectivity index (χ0v) is 21.6. The van der Waals surface area contributed by atoms with Crippen molar-refractivity contribution in [2.75, 3.05) is 44.4 Å². The van der Waals surface area contributed by atoms with Gasteiger partial charge in [-0.1, -0.05) is 12.1 Å². The first-order valence-electron chi connectivity index (χ1n) is 15.1. The Morgan fingerprint density at radius 1 is 1.15 bits per heavy atom. The van der Waals surface area contributed by atoms with E-state index in [4.69, 9.17) is 17.7 Å². The van der Waals surface area contributed by atoms with Crippen LogP contribution >= 0.6 is 0 Å². The maximum atomic E-state index is 12.9. The predicted octanol–water partition coefficient (Wildman–Crippen LogP) is 3.01. The number of methoxy groups -OCH3 is 1. The molecule has 0 aliphatic carbocycles. The van der Waals surface area contributed by atoms with Crippen molar-refractivity contribution in [1.82, 2.24) is 20.3 Å². The molecule has 0 radical (unpaired) electrons. The number of pyridine rings is 3. The van der Waals surface area contributed by atoms with Crippen LogP contribution in [0.15, 0.2) is 65.7 Å². The van der Waals surface area contributed by atoms with Crippen LogP contribution in [0.2, 0.25) is 0 Å². The largest absolute Gasteiger partial charge is 0.383 e. The average molecular weight is 554 g/mol. The molecule has 1 aliphatic rings. The molecule has 4 aromatic rings. The van der Waals surface area contributed by atoms with Gasteiger partial charge in [-0.2, -0.15) is 0 Å². The molecule has 5 rings (SSSR count). The van der Waals surface area contributed by atoms with Gasteiger partial charge >= 0.3 is 0 Å². The Bertz CT molecular complexity index is 1840. The van der Waals surface area contributed by atoms with Gasteiger partial charge in [0, 0.05) is 41.8 Å². The summed E-state index contributed by atoms with van der Waals surface area (Å²) in [5.41, 5.74) is 2.59. The van der Waals surface area contributed by atoms with Crippen LogP contribution in [0.3, 0.4) is 0 Å². The molecule has 11 heteroatoms. The molecule has 0 bridgehead atoms. The number of rotatable bonds is 8. The number of sulfone groups is 1. The first-order chi connectivity index (χ1) is 21.2. The Morgan fingerprint density at radius 2 is 2.05 bits per heavy atom. The molecule has 0 atom stereocenters. The Balaban J connectivity index is 1.33. The lowest BCUT2D eigenvalue weighted by atomic mass is 10.1. The first-order valence-corrected chi connectivity index (χ1v) is 13.7. The molecule has 0 saturated heterocycles. The Morgan fingerprint density at radius 3 is 2.92 bits per heavy atom. The summed E-state index contributed by atoms with van der Waals surface area (Å²) < 4.78 is 80.5. The van der Waals surface area contributed by atoms with Gasteiger partial charge in [0.25, 0.3) is 5.91 Å². The number of aromatic nitrogens is 3. The number of hydrogen-bond acceptors (Lipinski definition) is 9. The highest BCUT2D eigenvalue weighted by atomic mass is 32.2. The summed E-state index contributed by atoms with van der Waals surface area (Å²) in [7, 11) is -6.22. The average Bonchev–Trinajstić information content (AvgIpc) is 3.13. The number of benzene rings is 1. The van der Waals surface area contributed by atoms with Crippen LogP contribution < -0.4 is 10.2 Å². The van der Waals surface area contributed by atoms with E-state index in [1.54, 1.807) is 48.7 Å². The van der Waals surface area contributed by atoms with Gasteiger partial charge in [-0.05, 0) is 48.0 Å². The number of hydrogen-bond donors (Lipinski definition) is 1. The molecule has 1 aliphatic heterocycles. The van der Waals surface area contributed by atoms with Crippen molar-refractivity contribution in [2.24, 2.45) is 0 Å². The number of carbonyl (C=O) groups is 1. The number of fused-ring (bicyclic) bond motifs is 2. The quantitative estimate of drug-likeness (QED) is 0.351. The molecule has 0 fully saturated rings. The third-order valence-electron chi connectivity index (χ3n) is 6.17. The molecule has 1 N–H and O–H groups in total. The lowest BCUT2D eigenvalue weighted by Gasteiger charge is -2.18. The summed E-state index contributed by atoms with van der Waals surface area (Å²) in [4.78, 5) is 27.5. The summed E-state index contributed by atoms with van der Waals surface area (Å²) in [5, 5.41) is 3.48. The number of nitrogens with zero attached hydrogens (tertiary/aromatic N) is 4. The van der Waals surface area contributed by atoms with Crippen molar-refractivity contribution in [3.05, 3.63) is 77.6 Å². The maximum Gasteiger partial charge on any atom is 0.251 e. The Hall–Kier alpha value is -3.93. The minimum Gasteiger partial charge on any atom is -0.383 e. The van der Waals surface area contributed by atoms with Crippen LogP contribution in [0, 0.1) is 0 Å². The van der Waals surface area contributed by atoms with Crippen molar-refractivity contribution in [3.63, 3.8) is 0 Å². The topological polar surface area (TPSA) is 124 Å². The van der Waals surface area contributed by atoms with Crippen LogP contribution in [0.1, 0.15) is 29.8 Å². The van der Waals surface area contributed by atoms with Gasteiger partial charge in [0.2, 0.25) is 0 Å². The highest BCUT2D eigenvalue weighted by Gasteiger charge is 2.23. The van der Waals surface area contributed by atoms with E-state index in [-0.39, 0.29) is 54.9 Å². The summed E-state index contributed by atoms with van der Waals surface area (Å²) in [6.07, 6.45) is 1.60. The van der Waals surface area contributed by atoms with E-state index in [0.29, 0.717) is 33.5 Å². The lowest BCUT2D eigenvalue weighted by molar-refractivity contribution is 0.0950. The molecule has 1 amide bonds. The standard InChI is InChI=1S/C28H29N5O5S/c1-33(10-11-37-2)27-5-3-4-23(32-27)24-9-8-20-16-29-22(15-25(20)31-24)17-30-28(34)19-6-7-21-18-38-12-13-39(35,36)26(21)14-19/h3-9,14-16H,10-13,17-18H2,1-2H3,(H,30,34)/i1D3,2D3. The number of carbonyl (C=O) groups excluding carboxylic acids is 1. The van der Waals surface area contributed by atoms with Crippen molar-refractivity contribution in [3.8, 4) is 11.4 Å². The van der Waals surface area contributed by atoms with Crippen LogP contribution in [0.5, 0.6) is 0 Å². The van der Waals surface area contributed by atoms with Crippen molar-refractivity contribution < 1.29 is 30.9 Å². The van der Waals surface area contributed by atoms with E-state index in [2.05, 4.69) is 20.3 Å². The predicted molar refractivity (Wildman–Crippen MR) is 147 cm³/mol. The summed E-state index contributed by atoms with van der Waals surface area (Å²) in [5.74, 6) is -0.522. The molecular weight excluding hydrogens is 518 g/mol. The van der Waals surface area contributed by atoms with Gasteiger partial charge in [-0.15, -0.1) is 0 Å². The van der Waals surface area contributed by atoms with E-state index in [1.807, 2.05) is 0 Å². The van der Waals surface area contributed by atoms with Gasteiger partial charge in [0.1, 0.15) is 5.82 Å². The summed E-state index contributed by atoms with van der Waals surface area (Å²) >= 11 is 0. The van der Waals surface area contributed by atoms with Gasteiger partial charge in [-0.25, -0.2) is 18.4 Å². The number of amides is 1. The second kappa shape index (κ2) is 11.4. The highest BCUT2D eigenvalue weighted by Crippen LogP contribution is 2.24. The number of likely N-dealkylation sites (N-methyl/N-ethyl adjacent to an activating group) is 1. The fourth-order valence-corrected chi connectivity index (χ4v) is 5.49. The SMILES string of the molecule is [2H]C([2H])([2H])OCCN(c1cccc(-c2ccc3cnc(CNC(=O)c4ccc5c(c4)S(=O)(=O)CCOC5)cc3n2)n1)C([2H])([2H])[2H]. The molecule has 4 heterocycles. The number of ether oxygens (including phenoxy) is 2. The number of nitrogens with one attached hydrogen (secondary N) is 1. The zero-order valence-electron chi connectivity index (χ0n) is 26.8. The van der Waals surface area contributed by atoms with Crippen molar-refractivity contribution >= 4 is 32.5 Å². The van der Waals surface area contributed by atoms with Gasteiger partial charge in [0.05, 0.1) is 63.7 Å². The molecular formula is C28H29N5O5S. The second-order valence-corrected chi connectivity index (χ2v) is 10.9. The minimum atomic E-state index is -3.57. The molecule has 0 spiro atoms. The lowest BCUT2D eigenvalue weighted by Crippen LogP contribution is -2.24. The normalized spacial score (nSPS) is 17.3. The van der Waals surface area contributed by atoms with E-state index >= 15 is 0 Å². The van der Waals surface area contributed by atoms with Gasteiger partial charge in [0.15, 0.2) is 9.84 Å². The highest BCUT2D eigenvalue weighted by molar-refractivity contribution is 7.91. The molecule has 10 nitrogen and oxygen atoms in total. The van der Waals surface area contributed by atoms with E-state index in [1.165, 1.54) is 12.1 Å². The molecule has 1 aromatic carbocycles. The third kappa shape index (κ3) is 6.06. The monoisotopic (exact) mass is 553 g/mol. The maximum absolute atomic E-state index is 12.9. The van der Waals surface area contributed by atoms with Crippen LogP contribution in [0.4, 0.5) is 5.82 Å². The van der Waals surface area contributed by atoms with Gasteiger partial charge < -0.3 is 19.7 Å². The summed E-state index contributed by atoms with van der Waals surface area (Å²) in [6, 6.07) is 14.5. The minimum absolute atomic E-state index is 0.0488. The van der Waals surface area contributed by atoms with Crippen molar-refractivity contribution in [1.29, 1.82) is 0 Å². The summed E-state index contributed by atoms with van der Waals surface area (Å²) in [6.45, 7) is -2.88. The molecule has 3 aromatic heterocycles. The van der Waals surface area contributed by atoms with E-state index in [9.17, 15) is 13.2 Å². The van der Waals surface area contributed by atoms with Gasteiger partial charge in [-0.3, -0.25) is 9.78 Å². The van der Waals surface area contributed by atoms with E-state index < -0.39 is 29.8 Å². The van der Waals surface area contributed by atoms with Crippen LogP contribution in [0.25, 0.3) is 22.3 Å². The molecule has 0 saturated carbocycles. The van der Waals surface area contributed by atoms with Crippen LogP contribution in [-0.2, 0) is 32.5 Å². The number of anilines is 1. The fourth-order valence-electron chi connectivity index (χ4n) is 4.10. The van der Waals surface area contributed by atoms with Crippen molar-refractivity contribution in [2.45, 2.75) is 18.0 Å². The van der Waals surface area contributed by atoms with Crippen LogP contribution in [-0.4, -0.2) is 68.8 Å². The Labute approximate surface area is 235 Å². The fraction of sp³-hybridized carbons (Fsp3) is 0.286. The Kier molecular flexibility index (Phi) is 5.88. The second-order valence-electron chi connectivity index (χ2n) is 8.82. The smallest absolute Gasteiger partial charge is 0.251 e.